The third kappa shape index (κ3) is 5.43. The van der Waals surface area contributed by atoms with Crippen molar-refractivity contribution in [2.75, 3.05) is 0 Å². The highest BCUT2D eigenvalue weighted by molar-refractivity contribution is 9.10. The molecule has 144 valence electrons. The predicted molar refractivity (Wildman–Crippen MR) is 114 cm³/mol. The van der Waals surface area contributed by atoms with Gasteiger partial charge >= 0.3 is 0 Å². The molecule has 0 aliphatic rings. The maximum atomic E-state index is 12.3. The number of rotatable bonds is 7. The molecule has 0 aliphatic heterocycles. The minimum absolute atomic E-state index is 0.161. The molecule has 0 heterocycles. The van der Waals surface area contributed by atoms with E-state index in [0.717, 1.165) is 15.6 Å². The van der Waals surface area contributed by atoms with Gasteiger partial charge in [0.2, 0.25) is 0 Å². The number of aryl methyl sites for hydroxylation is 1. The Kier molecular flexibility index (Phi) is 6.49. The summed E-state index contributed by atoms with van der Waals surface area (Å²) in [4.78, 5) is 2.39. The van der Waals surface area contributed by atoms with Crippen LogP contribution >= 0.6 is 15.9 Å². The summed E-state index contributed by atoms with van der Waals surface area (Å²) < 4.78 is 31.1. The molecule has 0 unspecified atom stereocenters. The minimum atomic E-state index is -3.71. The maximum Gasteiger partial charge on any atom is 0.276 e. The molecule has 3 rings (SSSR count). The molecule has 0 fully saturated rings. The van der Waals surface area contributed by atoms with Crippen LogP contribution in [0.2, 0.25) is 0 Å². The molecule has 0 bridgehead atoms. The number of hydrazone groups is 1. The van der Waals surface area contributed by atoms with Crippen LogP contribution < -0.4 is 9.57 Å². The number of ether oxygens (including phenoxy) is 1. The second-order valence-corrected chi connectivity index (χ2v) is 8.64. The quantitative estimate of drug-likeness (QED) is 0.413. The Morgan fingerprint density at radius 1 is 1.04 bits per heavy atom. The average molecular weight is 459 g/mol. The fraction of sp³-hybridized carbons (Fsp3) is 0.0952. The van der Waals surface area contributed by atoms with Crippen molar-refractivity contribution in [3.63, 3.8) is 0 Å². The average Bonchev–Trinajstić information content (AvgIpc) is 2.69. The Morgan fingerprint density at radius 2 is 1.75 bits per heavy atom. The van der Waals surface area contributed by atoms with E-state index in [2.05, 4.69) is 25.9 Å². The van der Waals surface area contributed by atoms with Gasteiger partial charge in [0.1, 0.15) is 12.4 Å². The summed E-state index contributed by atoms with van der Waals surface area (Å²) in [7, 11) is -3.71. The largest absolute Gasteiger partial charge is 0.489 e. The third-order valence-corrected chi connectivity index (χ3v) is 5.88. The van der Waals surface area contributed by atoms with E-state index < -0.39 is 10.0 Å². The van der Waals surface area contributed by atoms with Gasteiger partial charge in [-0.15, -0.1) is 0 Å². The number of sulfonamides is 1. The van der Waals surface area contributed by atoms with Crippen LogP contribution in [0.25, 0.3) is 0 Å². The van der Waals surface area contributed by atoms with Crippen LogP contribution in [0.4, 0.5) is 0 Å². The highest BCUT2D eigenvalue weighted by Gasteiger charge is 2.12. The summed E-state index contributed by atoms with van der Waals surface area (Å²) in [6, 6.07) is 21.9. The zero-order valence-corrected chi connectivity index (χ0v) is 17.6. The smallest absolute Gasteiger partial charge is 0.276 e. The Hall–Kier alpha value is -2.64. The van der Waals surface area contributed by atoms with Gasteiger partial charge in [-0.1, -0.05) is 64.0 Å². The second kappa shape index (κ2) is 9.03. The van der Waals surface area contributed by atoms with Crippen molar-refractivity contribution in [1.29, 1.82) is 0 Å². The van der Waals surface area contributed by atoms with Gasteiger partial charge in [0, 0.05) is 10.0 Å². The lowest BCUT2D eigenvalue weighted by Gasteiger charge is -2.08. The summed E-state index contributed by atoms with van der Waals surface area (Å²) in [5.41, 5.74) is 2.74. The van der Waals surface area contributed by atoms with Gasteiger partial charge in [-0.25, -0.2) is 4.83 Å². The Bertz CT molecular complexity index is 1070. The maximum absolute atomic E-state index is 12.3. The molecule has 1 N–H and O–H groups in total. The molecule has 0 aromatic heterocycles. The lowest BCUT2D eigenvalue weighted by molar-refractivity contribution is 0.306. The molecule has 0 saturated carbocycles. The SMILES string of the molecule is Cc1ccc(S(=O)(=O)NN=Cc2cc(OCc3ccccc3)ccc2Br)cc1. The zero-order valence-electron chi connectivity index (χ0n) is 15.2. The first-order valence-corrected chi connectivity index (χ1v) is 10.8. The van der Waals surface area contributed by atoms with Gasteiger partial charge in [-0.2, -0.15) is 13.5 Å². The summed E-state index contributed by atoms with van der Waals surface area (Å²) in [5, 5.41) is 3.88. The molecule has 0 atom stereocenters. The molecule has 5 nitrogen and oxygen atoms in total. The van der Waals surface area contributed by atoms with Crippen LogP contribution in [0, 0.1) is 6.92 Å². The van der Waals surface area contributed by atoms with Crippen molar-refractivity contribution in [2.45, 2.75) is 18.4 Å². The summed E-state index contributed by atoms with van der Waals surface area (Å²) in [5.74, 6) is 0.662. The van der Waals surface area contributed by atoms with E-state index in [1.807, 2.05) is 49.4 Å². The van der Waals surface area contributed by atoms with E-state index in [-0.39, 0.29) is 4.90 Å². The molecule has 0 aliphatic carbocycles. The van der Waals surface area contributed by atoms with E-state index in [9.17, 15) is 8.42 Å². The molecule has 0 radical (unpaired) electrons. The number of benzene rings is 3. The lowest BCUT2D eigenvalue weighted by Crippen LogP contribution is -2.18. The van der Waals surface area contributed by atoms with E-state index in [1.165, 1.54) is 6.21 Å². The predicted octanol–water partition coefficient (Wildman–Crippen LogP) is 4.65. The summed E-state index contributed by atoms with van der Waals surface area (Å²) in [6.45, 7) is 2.34. The first-order chi connectivity index (χ1) is 13.4. The van der Waals surface area contributed by atoms with Crippen molar-refractivity contribution in [1.82, 2.24) is 4.83 Å². The standard InChI is InChI=1S/C21H19BrN2O3S/c1-16-7-10-20(11-8-16)28(25,26)24-23-14-18-13-19(9-12-21(18)22)27-15-17-5-3-2-4-6-17/h2-14,24H,15H2,1H3. The van der Waals surface area contributed by atoms with Gasteiger partial charge in [0.25, 0.3) is 10.0 Å². The summed E-state index contributed by atoms with van der Waals surface area (Å²) in [6.07, 6.45) is 1.44. The zero-order chi connectivity index (χ0) is 20.0. The van der Waals surface area contributed by atoms with Gasteiger partial charge < -0.3 is 4.74 Å². The van der Waals surface area contributed by atoms with E-state index >= 15 is 0 Å². The first kappa shape index (κ1) is 20.1. The highest BCUT2D eigenvalue weighted by atomic mass is 79.9. The lowest BCUT2D eigenvalue weighted by atomic mass is 10.2. The number of hydrogen-bond donors (Lipinski definition) is 1. The molecule has 7 heteroatoms. The molecule has 0 saturated heterocycles. The number of nitrogens with zero attached hydrogens (tertiary/aromatic N) is 1. The van der Waals surface area contributed by atoms with Gasteiger partial charge in [0.05, 0.1) is 11.1 Å². The van der Waals surface area contributed by atoms with Crippen LogP contribution in [0.5, 0.6) is 5.75 Å². The van der Waals surface area contributed by atoms with Crippen molar-refractivity contribution in [3.05, 3.63) is 94.0 Å². The Balaban J connectivity index is 1.68. The number of halogens is 1. The van der Waals surface area contributed by atoms with Crippen molar-refractivity contribution in [3.8, 4) is 5.75 Å². The Morgan fingerprint density at radius 3 is 2.46 bits per heavy atom. The Labute approximate surface area is 173 Å². The van der Waals surface area contributed by atoms with Crippen LogP contribution in [0.1, 0.15) is 16.7 Å². The second-order valence-electron chi connectivity index (χ2n) is 6.12. The van der Waals surface area contributed by atoms with E-state index in [4.69, 9.17) is 4.74 Å². The molecular formula is C21H19BrN2O3S. The normalized spacial score (nSPS) is 11.5. The van der Waals surface area contributed by atoms with Gasteiger partial charge in [-0.05, 0) is 42.8 Å². The van der Waals surface area contributed by atoms with Crippen molar-refractivity contribution >= 4 is 32.2 Å². The van der Waals surface area contributed by atoms with Crippen molar-refractivity contribution < 1.29 is 13.2 Å². The molecule has 28 heavy (non-hydrogen) atoms. The number of hydrogen-bond acceptors (Lipinski definition) is 4. The number of nitrogens with one attached hydrogen (secondary N) is 1. The fourth-order valence-corrected chi connectivity index (χ4v) is 3.53. The van der Waals surface area contributed by atoms with E-state index in [1.54, 1.807) is 30.3 Å². The monoisotopic (exact) mass is 458 g/mol. The molecule has 3 aromatic rings. The van der Waals surface area contributed by atoms with E-state index in [0.29, 0.717) is 17.9 Å². The molecule has 0 amide bonds. The minimum Gasteiger partial charge on any atom is -0.489 e. The van der Waals surface area contributed by atoms with Crippen LogP contribution in [0.3, 0.4) is 0 Å². The van der Waals surface area contributed by atoms with Crippen LogP contribution in [0.15, 0.2) is 87.3 Å². The molecular weight excluding hydrogens is 440 g/mol. The van der Waals surface area contributed by atoms with Gasteiger partial charge in [0.15, 0.2) is 0 Å². The third-order valence-electron chi connectivity index (χ3n) is 3.92. The fourth-order valence-electron chi connectivity index (χ4n) is 2.39. The van der Waals surface area contributed by atoms with Gasteiger partial charge in [-0.3, -0.25) is 0 Å². The van der Waals surface area contributed by atoms with Crippen LogP contribution in [-0.4, -0.2) is 14.6 Å². The summed E-state index contributed by atoms with van der Waals surface area (Å²) >= 11 is 3.44. The highest BCUT2D eigenvalue weighted by Crippen LogP contribution is 2.22. The topological polar surface area (TPSA) is 67.8 Å². The molecule has 0 spiro atoms. The molecule has 3 aromatic carbocycles. The van der Waals surface area contributed by atoms with Crippen LogP contribution in [-0.2, 0) is 16.6 Å². The van der Waals surface area contributed by atoms with Crippen molar-refractivity contribution in [2.24, 2.45) is 5.10 Å². The first-order valence-electron chi connectivity index (χ1n) is 8.52.